The molecule has 24 heavy (non-hydrogen) atoms. The first-order valence-corrected chi connectivity index (χ1v) is 7.96. The van der Waals surface area contributed by atoms with Crippen molar-refractivity contribution in [2.45, 2.75) is 32.7 Å². The number of nitrogens with one attached hydrogen (secondary N) is 1. The van der Waals surface area contributed by atoms with Gasteiger partial charge in [-0.25, -0.2) is 4.79 Å². The Morgan fingerprint density at radius 3 is 2.33 bits per heavy atom. The molecule has 128 valence electrons. The average molecular weight is 328 g/mol. The minimum absolute atomic E-state index is 0.211. The van der Waals surface area contributed by atoms with Crippen molar-refractivity contribution in [1.82, 2.24) is 5.32 Å². The van der Waals surface area contributed by atoms with Crippen LogP contribution in [0.5, 0.6) is 0 Å². The molecule has 1 atom stereocenters. The second-order valence-electron chi connectivity index (χ2n) is 6.66. The standard InChI is InChI=1S/C19H24N2O3/c1-12(2)11-19(3,18(23)24-4)21-17(22)15-9-13-7-5-6-8-14(13)10-16(15)20/h5-10,12H,11,20H2,1-4H3,(H,21,22)/t19-/m0/s1. The Morgan fingerprint density at radius 1 is 1.21 bits per heavy atom. The summed E-state index contributed by atoms with van der Waals surface area (Å²) in [5.74, 6) is -0.640. The second kappa shape index (κ2) is 6.91. The van der Waals surface area contributed by atoms with E-state index in [1.807, 2.05) is 38.1 Å². The predicted molar refractivity (Wildman–Crippen MR) is 95.7 cm³/mol. The van der Waals surface area contributed by atoms with Crippen LogP contribution in [-0.4, -0.2) is 24.5 Å². The van der Waals surface area contributed by atoms with Crippen LogP contribution in [0.2, 0.25) is 0 Å². The molecule has 5 nitrogen and oxygen atoms in total. The van der Waals surface area contributed by atoms with E-state index >= 15 is 0 Å². The highest BCUT2D eigenvalue weighted by Crippen LogP contribution is 2.24. The van der Waals surface area contributed by atoms with Crippen molar-refractivity contribution >= 4 is 28.3 Å². The Hall–Kier alpha value is -2.56. The van der Waals surface area contributed by atoms with Crippen LogP contribution < -0.4 is 11.1 Å². The van der Waals surface area contributed by atoms with Gasteiger partial charge in [-0.2, -0.15) is 0 Å². The third-order valence-corrected chi connectivity index (χ3v) is 4.00. The fraction of sp³-hybridized carbons (Fsp3) is 0.368. The number of nitrogen functional groups attached to an aromatic ring is 1. The minimum Gasteiger partial charge on any atom is -0.467 e. The number of esters is 1. The molecule has 2 aromatic carbocycles. The van der Waals surface area contributed by atoms with Crippen molar-refractivity contribution in [3.8, 4) is 0 Å². The Labute approximate surface area is 142 Å². The van der Waals surface area contributed by atoms with Gasteiger partial charge in [0.25, 0.3) is 5.91 Å². The van der Waals surface area contributed by atoms with Crippen molar-refractivity contribution in [2.24, 2.45) is 5.92 Å². The Balaban J connectivity index is 2.36. The van der Waals surface area contributed by atoms with Gasteiger partial charge >= 0.3 is 5.97 Å². The van der Waals surface area contributed by atoms with Gasteiger partial charge in [-0.3, -0.25) is 4.79 Å². The van der Waals surface area contributed by atoms with E-state index in [1.165, 1.54) is 7.11 Å². The Morgan fingerprint density at radius 2 is 1.79 bits per heavy atom. The van der Waals surface area contributed by atoms with E-state index in [0.29, 0.717) is 17.7 Å². The number of carbonyl (C=O) groups excluding carboxylic acids is 2. The van der Waals surface area contributed by atoms with Crippen LogP contribution in [0.25, 0.3) is 10.8 Å². The molecule has 2 rings (SSSR count). The molecule has 0 aliphatic heterocycles. The van der Waals surface area contributed by atoms with Gasteiger partial charge < -0.3 is 15.8 Å². The fourth-order valence-electron chi connectivity index (χ4n) is 3.00. The van der Waals surface area contributed by atoms with E-state index in [4.69, 9.17) is 10.5 Å². The van der Waals surface area contributed by atoms with Crippen molar-refractivity contribution in [1.29, 1.82) is 0 Å². The number of carbonyl (C=O) groups is 2. The van der Waals surface area contributed by atoms with Gasteiger partial charge in [0.15, 0.2) is 0 Å². The molecule has 0 saturated heterocycles. The zero-order valence-corrected chi connectivity index (χ0v) is 14.6. The summed E-state index contributed by atoms with van der Waals surface area (Å²) in [7, 11) is 1.32. The first-order chi connectivity index (χ1) is 11.3. The number of rotatable bonds is 5. The van der Waals surface area contributed by atoms with Crippen LogP contribution in [0.3, 0.4) is 0 Å². The lowest BCUT2D eigenvalue weighted by Crippen LogP contribution is -2.53. The van der Waals surface area contributed by atoms with Crippen molar-refractivity contribution in [2.75, 3.05) is 12.8 Å². The lowest BCUT2D eigenvalue weighted by Gasteiger charge is -2.29. The van der Waals surface area contributed by atoms with Gasteiger partial charge in [-0.05, 0) is 42.2 Å². The topological polar surface area (TPSA) is 81.4 Å². The molecule has 0 bridgehead atoms. The second-order valence-corrected chi connectivity index (χ2v) is 6.66. The highest BCUT2D eigenvalue weighted by atomic mass is 16.5. The highest BCUT2D eigenvalue weighted by Gasteiger charge is 2.37. The number of ether oxygens (including phenoxy) is 1. The molecule has 0 saturated carbocycles. The van der Waals surface area contributed by atoms with Crippen LogP contribution >= 0.6 is 0 Å². The van der Waals surface area contributed by atoms with E-state index < -0.39 is 11.5 Å². The Bertz CT molecular complexity index is 770. The molecule has 3 N–H and O–H groups in total. The van der Waals surface area contributed by atoms with Gasteiger partial charge in [0.2, 0.25) is 0 Å². The molecular weight excluding hydrogens is 304 g/mol. The zero-order valence-electron chi connectivity index (χ0n) is 14.6. The van der Waals surface area contributed by atoms with Crippen molar-refractivity contribution < 1.29 is 14.3 Å². The number of hydrogen-bond acceptors (Lipinski definition) is 4. The molecule has 0 radical (unpaired) electrons. The third kappa shape index (κ3) is 3.67. The number of hydrogen-bond donors (Lipinski definition) is 2. The monoisotopic (exact) mass is 328 g/mol. The predicted octanol–water partition coefficient (Wildman–Crippen LogP) is 3.13. The maximum Gasteiger partial charge on any atom is 0.331 e. The first kappa shape index (κ1) is 17.8. The summed E-state index contributed by atoms with van der Waals surface area (Å²) in [6.45, 7) is 5.64. The lowest BCUT2D eigenvalue weighted by molar-refractivity contribution is -0.148. The molecular formula is C19H24N2O3. The maximum absolute atomic E-state index is 12.7. The summed E-state index contributed by atoms with van der Waals surface area (Å²) in [6.07, 6.45) is 0.471. The third-order valence-electron chi connectivity index (χ3n) is 4.00. The SMILES string of the molecule is COC(=O)[C@](C)(CC(C)C)NC(=O)c1cc2ccccc2cc1N. The molecule has 0 aromatic heterocycles. The number of fused-ring (bicyclic) bond motifs is 1. The summed E-state index contributed by atoms with van der Waals surface area (Å²) >= 11 is 0. The van der Waals surface area contributed by atoms with Gasteiger partial charge in [-0.1, -0.05) is 38.1 Å². The number of anilines is 1. The molecule has 0 aliphatic rings. The first-order valence-electron chi connectivity index (χ1n) is 7.96. The summed E-state index contributed by atoms with van der Waals surface area (Å²) < 4.78 is 4.87. The molecule has 2 aromatic rings. The van der Waals surface area contributed by atoms with Crippen LogP contribution in [0.4, 0.5) is 5.69 Å². The smallest absolute Gasteiger partial charge is 0.331 e. The molecule has 0 spiro atoms. The molecule has 0 aliphatic carbocycles. The van der Waals surface area contributed by atoms with Crippen molar-refractivity contribution in [3.63, 3.8) is 0 Å². The fourth-order valence-corrected chi connectivity index (χ4v) is 3.00. The molecule has 0 unspecified atom stereocenters. The maximum atomic E-state index is 12.7. The van der Waals surface area contributed by atoms with Crippen molar-refractivity contribution in [3.05, 3.63) is 42.0 Å². The van der Waals surface area contributed by atoms with Gasteiger partial charge in [0.05, 0.1) is 12.7 Å². The lowest BCUT2D eigenvalue weighted by atomic mass is 9.90. The number of benzene rings is 2. The van der Waals surface area contributed by atoms with Gasteiger partial charge in [0.1, 0.15) is 5.54 Å². The summed E-state index contributed by atoms with van der Waals surface area (Å²) in [5.41, 5.74) is 5.67. The van der Waals surface area contributed by atoms with Gasteiger partial charge in [0, 0.05) is 5.69 Å². The zero-order chi connectivity index (χ0) is 17.9. The van der Waals surface area contributed by atoms with E-state index in [0.717, 1.165) is 10.8 Å². The summed E-state index contributed by atoms with van der Waals surface area (Å²) in [6, 6.07) is 11.2. The average Bonchev–Trinajstić information content (AvgIpc) is 2.52. The van der Waals surface area contributed by atoms with Crippen LogP contribution in [-0.2, 0) is 9.53 Å². The van der Waals surface area contributed by atoms with Crippen LogP contribution in [0, 0.1) is 5.92 Å². The van der Waals surface area contributed by atoms with E-state index in [2.05, 4.69) is 5.32 Å². The summed E-state index contributed by atoms with van der Waals surface area (Å²) in [5, 5.41) is 4.68. The number of methoxy groups -OCH3 is 1. The van der Waals surface area contributed by atoms with Gasteiger partial charge in [-0.15, -0.1) is 0 Å². The number of amides is 1. The highest BCUT2D eigenvalue weighted by molar-refractivity contribution is 6.05. The van der Waals surface area contributed by atoms with E-state index in [-0.39, 0.29) is 11.8 Å². The van der Waals surface area contributed by atoms with E-state index in [9.17, 15) is 9.59 Å². The quantitative estimate of drug-likeness (QED) is 0.652. The van der Waals surface area contributed by atoms with Crippen LogP contribution in [0.15, 0.2) is 36.4 Å². The molecule has 0 fully saturated rings. The normalized spacial score (nSPS) is 13.5. The molecule has 1 amide bonds. The molecule has 5 heteroatoms. The molecule has 0 heterocycles. The number of nitrogens with two attached hydrogens (primary N) is 1. The minimum atomic E-state index is -1.10. The Kier molecular flexibility index (Phi) is 5.12. The van der Waals surface area contributed by atoms with E-state index in [1.54, 1.807) is 19.1 Å². The summed E-state index contributed by atoms with van der Waals surface area (Å²) in [4.78, 5) is 24.9. The largest absolute Gasteiger partial charge is 0.467 e. The van der Waals surface area contributed by atoms with Crippen LogP contribution in [0.1, 0.15) is 37.6 Å².